The minimum absolute atomic E-state index is 0.744. The lowest BCUT2D eigenvalue weighted by Crippen LogP contribution is -2.13. The number of pyridine rings is 1. The summed E-state index contributed by atoms with van der Waals surface area (Å²) in [5, 5.41) is 4.13. The lowest BCUT2D eigenvalue weighted by molar-refractivity contribution is 0.689. The maximum Gasteiger partial charge on any atom is 0.0417 e. The van der Waals surface area contributed by atoms with Gasteiger partial charge in [-0.2, -0.15) is 0 Å². The Balaban J connectivity index is 1.90. The van der Waals surface area contributed by atoms with Crippen LogP contribution >= 0.6 is 27.5 Å². The van der Waals surface area contributed by atoms with E-state index in [-0.39, 0.29) is 0 Å². The molecular formula is C14H14BrClN2. The highest BCUT2D eigenvalue weighted by atomic mass is 79.9. The summed E-state index contributed by atoms with van der Waals surface area (Å²) in [5.74, 6) is 0. The summed E-state index contributed by atoms with van der Waals surface area (Å²) in [5.41, 5.74) is 3.42. The highest BCUT2D eigenvalue weighted by Gasteiger charge is 2.00. The molecule has 0 unspecified atom stereocenters. The van der Waals surface area contributed by atoms with Crippen molar-refractivity contribution in [3.63, 3.8) is 0 Å². The van der Waals surface area contributed by atoms with Gasteiger partial charge in [0, 0.05) is 34.5 Å². The van der Waals surface area contributed by atoms with Crippen LogP contribution in [-0.2, 0) is 13.1 Å². The first kappa shape index (κ1) is 13.5. The first-order valence-corrected chi connectivity index (χ1v) is 6.88. The molecule has 0 saturated heterocycles. The SMILES string of the molecule is Cc1ccc(CNCc2ccc(Cl)cc2Br)cn1. The van der Waals surface area contributed by atoms with E-state index in [1.807, 2.05) is 37.4 Å². The largest absolute Gasteiger partial charge is 0.309 e. The van der Waals surface area contributed by atoms with Gasteiger partial charge in [0.1, 0.15) is 0 Å². The second-order valence-corrected chi connectivity index (χ2v) is 5.44. The third kappa shape index (κ3) is 3.80. The van der Waals surface area contributed by atoms with Gasteiger partial charge < -0.3 is 5.32 Å². The molecule has 0 aliphatic rings. The Kier molecular flexibility index (Phi) is 4.75. The van der Waals surface area contributed by atoms with E-state index in [4.69, 9.17) is 11.6 Å². The topological polar surface area (TPSA) is 24.9 Å². The molecule has 0 radical (unpaired) electrons. The number of rotatable bonds is 4. The molecule has 4 heteroatoms. The van der Waals surface area contributed by atoms with E-state index in [2.05, 4.69) is 32.3 Å². The van der Waals surface area contributed by atoms with Crippen LogP contribution in [0.15, 0.2) is 41.0 Å². The summed E-state index contributed by atoms with van der Waals surface area (Å²) in [6.07, 6.45) is 1.90. The van der Waals surface area contributed by atoms with Crippen LogP contribution in [0.5, 0.6) is 0 Å². The van der Waals surface area contributed by atoms with E-state index in [1.54, 1.807) is 0 Å². The molecule has 0 bridgehead atoms. The zero-order valence-electron chi connectivity index (χ0n) is 10.1. The number of benzene rings is 1. The van der Waals surface area contributed by atoms with Crippen LogP contribution in [0, 0.1) is 6.92 Å². The van der Waals surface area contributed by atoms with Crippen molar-refractivity contribution < 1.29 is 0 Å². The number of hydrogen-bond acceptors (Lipinski definition) is 2. The molecule has 1 N–H and O–H groups in total. The van der Waals surface area contributed by atoms with Crippen molar-refractivity contribution in [3.05, 3.63) is 62.8 Å². The molecule has 1 aromatic heterocycles. The predicted molar refractivity (Wildman–Crippen MR) is 78.7 cm³/mol. The van der Waals surface area contributed by atoms with Crippen LogP contribution in [0.3, 0.4) is 0 Å². The standard InChI is InChI=1S/C14H14BrClN2/c1-10-2-3-11(8-18-10)7-17-9-12-4-5-13(16)6-14(12)15/h2-6,8,17H,7,9H2,1H3. The number of hydrogen-bond donors (Lipinski definition) is 1. The average molecular weight is 326 g/mol. The fourth-order valence-corrected chi connectivity index (χ4v) is 2.43. The number of halogens is 2. The van der Waals surface area contributed by atoms with Gasteiger partial charge in [0.25, 0.3) is 0 Å². The van der Waals surface area contributed by atoms with E-state index >= 15 is 0 Å². The molecule has 0 saturated carbocycles. The van der Waals surface area contributed by atoms with Crippen molar-refractivity contribution in [1.82, 2.24) is 10.3 Å². The van der Waals surface area contributed by atoms with Crippen LogP contribution in [-0.4, -0.2) is 4.98 Å². The monoisotopic (exact) mass is 324 g/mol. The number of nitrogens with zero attached hydrogens (tertiary/aromatic N) is 1. The third-order valence-electron chi connectivity index (χ3n) is 2.63. The summed E-state index contributed by atoms with van der Waals surface area (Å²) in [6, 6.07) is 9.94. The molecule has 18 heavy (non-hydrogen) atoms. The normalized spacial score (nSPS) is 10.6. The minimum Gasteiger partial charge on any atom is -0.309 e. The zero-order valence-corrected chi connectivity index (χ0v) is 12.4. The van der Waals surface area contributed by atoms with Crippen LogP contribution in [0.2, 0.25) is 5.02 Å². The Morgan fingerprint density at radius 2 is 2.06 bits per heavy atom. The van der Waals surface area contributed by atoms with Crippen molar-refractivity contribution in [1.29, 1.82) is 0 Å². The van der Waals surface area contributed by atoms with E-state index < -0.39 is 0 Å². The average Bonchev–Trinajstić information content (AvgIpc) is 2.34. The molecule has 0 aliphatic carbocycles. The van der Waals surface area contributed by atoms with Crippen molar-refractivity contribution >= 4 is 27.5 Å². The molecule has 0 atom stereocenters. The second-order valence-electron chi connectivity index (χ2n) is 4.15. The van der Waals surface area contributed by atoms with Gasteiger partial charge in [0.05, 0.1) is 0 Å². The smallest absolute Gasteiger partial charge is 0.0417 e. The molecule has 0 spiro atoms. The Labute approximate surface area is 121 Å². The summed E-state index contributed by atoms with van der Waals surface area (Å²) < 4.78 is 1.03. The lowest BCUT2D eigenvalue weighted by Gasteiger charge is -2.07. The molecule has 0 amide bonds. The highest BCUT2D eigenvalue weighted by molar-refractivity contribution is 9.10. The summed E-state index contributed by atoms with van der Waals surface area (Å²) in [4.78, 5) is 4.27. The minimum atomic E-state index is 0.744. The number of aromatic nitrogens is 1. The summed E-state index contributed by atoms with van der Waals surface area (Å²) in [6.45, 7) is 3.59. The zero-order chi connectivity index (χ0) is 13.0. The highest BCUT2D eigenvalue weighted by Crippen LogP contribution is 2.21. The molecule has 1 heterocycles. The quantitative estimate of drug-likeness (QED) is 0.915. The van der Waals surface area contributed by atoms with Crippen molar-refractivity contribution in [2.24, 2.45) is 0 Å². The van der Waals surface area contributed by atoms with Crippen LogP contribution in [0.1, 0.15) is 16.8 Å². The van der Waals surface area contributed by atoms with Crippen molar-refractivity contribution in [2.75, 3.05) is 0 Å². The lowest BCUT2D eigenvalue weighted by atomic mass is 10.2. The van der Waals surface area contributed by atoms with Crippen LogP contribution in [0.4, 0.5) is 0 Å². The second kappa shape index (κ2) is 6.32. The molecule has 0 fully saturated rings. The van der Waals surface area contributed by atoms with Crippen molar-refractivity contribution in [3.8, 4) is 0 Å². The maximum atomic E-state index is 5.90. The van der Waals surface area contributed by atoms with Gasteiger partial charge in [0.2, 0.25) is 0 Å². The fourth-order valence-electron chi connectivity index (χ4n) is 1.61. The van der Waals surface area contributed by atoms with Crippen LogP contribution < -0.4 is 5.32 Å². The van der Waals surface area contributed by atoms with Crippen LogP contribution in [0.25, 0.3) is 0 Å². The van der Waals surface area contributed by atoms with E-state index in [0.717, 1.165) is 28.3 Å². The molecular weight excluding hydrogens is 312 g/mol. The Hall–Kier alpha value is -0.900. The predicted octanol–water partition coefficient (Wildman–Crippen LogP) is 4.10. The van der Waals surface area contributed by atoms with Gasteiger partial charge in [-0.15, -0.1) is 0 Å². The Bertz CT molecular complexity index is 526. The first-order valence-electron chi connectivity index (χ1n) is 5.71. The molecule has 2 rings (SSSR count). The van der Waals surface area contributed by atoms with E-state index in [9.17, 15) is 0 Å². The van der Waals surface area contributed by atoms with Gasteiger partial charge in [-0.05, 0) is 36.2 Å². The van der Waals surface area contributed by atoms with Gasteiger partial charge in [0.15, 0.2) is 0 Å². The molecule has 2 aromatic rings. The Morgan fingerprint density at radius 3 is 2.72 bits per heavy atom. The van der Waals surface area contributed by atoms with Gasteiger partial charge in [-0.1, -0.05) is 39.7 Å². The Morgan fingerprint density at radius 1 is 1.22 bits per heavy atom. The summed E-state index contributed by atoms with van der Waals surface area (Å²) >= 11 is 9.41. The number of nitrogens with one attached hydrogen (secondary N) is 1. The molecule has 2 nitrogen and oxygen atoms in total. The fraction of sp³-hybridized carbons (Fsp3) is 0.214. The summed E-state index contributed by atoms with van der Waals surface area (Å²) in [7, 11) is 0. The van der Waals surface area contributed by atoms with E-state index in [1.165, 1.54) is 11.1 Å². The molecule has 0 aliphatic heterocycles. The maximum absolute atomic E-state index is 5.90. The first-order chi connectivity index (χ1) is 8.65. The third-order valence-corrected chi connectivity index (χ3v) is 3.61. The van der Waals surface area contributed by atoms with E-state index in [0.29, 0.717) is 0 Å². The van der Waals surface area contributed by atoms with Crippen molar-refractivity contribution in [2.45, 2.75) is 20.0 Å². The molecule has 94 valence electrons. The van der Waals surface area contributed by atoms with Gasteiger partial charge >= 0.3 is 0 Å². The molecule has 1 aromatic carbocycles. The van der Waals surface area contributed by atoms with Gasteiger partial charge in [-0.3, -0.25) is 4.98 Å². The van der Waals surface area contributed by atoms with Gasteiger partial charge in [-0.25, -0.2) is 0 Å². The number of aryl methyl sites for hydroxylation is 1.